The third kappa shape index (κ3) is 2.81. The standard InChI is InChI=1S/C11H17ClN2O/c1-6-15-9-7(2)8(12)13-10(14-9)11(3,4)5/h6H2,1-5H3. The number of halogens is 1. The molecule has 0 spiro atoms. The lowest BCUT2D eigenvalue weighted by Crippen LogP contribution is -2.17. The van der Waals surface area contributed by atoms with Crippen LogP contribution in [0.15, 0.2) is 0 Å². The maximum absolute atomic E-state index is 6.03. The third-order valence-electron chi connectivity index (χ3n) is 1.99. The van der Waals surface area contributed by atoms with Crippen molar-refractivity contribution < 1.29 is 4.74 Å². The van der Waals surface area contributed by atoms with Crippen LogP contribution < -0.4 is 4.74 Å². The van der Waals surface area contributed by atoms with E-state index < -0.39 is 0 Å². The molecule has 1 aromatic heterocycles. The molecule has 0 amide bonds. The first-order valence-corrected chi connectivity index (χ1v) is 5.41. The van der Waals surface area contributed by atoms with Crippen molar-refractivity contribution in [3.8, 4) is 5.88 Å². The van der Waals surface area contributed by atoms with Gasteiger partial charge in [-0.1, -0.05) is 32.4 Å². The summed E-state index contributed by atoms with van der Waals surface area (Å²) in [5.74, 6) is 1.30. The van der Waals surface area contributed by atoms with Crippen molar-refractivity contribution in [2.75, 3.05) is 6.61 Å². The van der Waals surface area contributed by atoms with E-state index in [2.05, 4.69) is 9.97 Å². The average Bonchev–Trinajstić information content (AvgIpc) is 2.11. The van der Waals surface area contributed by atoms with Gasteiger partial charge in [-0.3, -0.25) is 0 Å². The zero-order chi connectivity index (χ0) is 11.6. The zero-order valence-electron chi connectivity index (χ0n) is 9.89. The van der Waals surface area contributed by atoms with Crippen LogP contribution in [0.5, 0.6) is 5.88 Å². The quantitative estimate of drug-likeness (QED) is 0.730. The largest absolute Gasteiger partial charge is 0.478 e. The highest BCUT2D eigenvalue weighted by Gasteiger charge is 2.20. The topological polar surface area (TPSA) is 35.0 Å². The van der Waals surface area contributed by atoms with Crippen LogP contribution >= 0.6 is 11.6 Å². The predicted molar refractivity (Wildman–Crippen MR) is 61.6 cm³/mol. The van der Waals surface area contributed by atoms with Gasteiger partial charge in [-0.15, -0.1) is 0 Å². The Morgan fingerprint density at radius 2 is 1.87 bits per heavy atom. The summed E-state index contributed by atoms with van der Waals surface area (Å²) in [6.45, 7) is 10.5. The van der Waals surface area contributed by atoms with Gasteiger partial charge in [0.25, 0.3) is 0 Å². The molecule has 0 saturated carbocycles. The Balaban J connectivity index is 3.23. The first-order valence-electron chi connectivity index (χ1n) is 5.03. The average molecular weight is 229 g/mol. The summed E-state index contributed by atoms with van der Waals surface area (Å²) in [6, 6.07) is 0. The number of hydrogen-bond acceptors (Lipinski definition) is 3. The molecule has 0 fully saturated rings. The molecule has 0 saturated heterocycles. The van der Waals surface area contributed by atoms with E-state index in [4.69, 9.17) is 16.3 Å². The van der Waals surface area contributed by atoms with E-state index in [0.29, 0.717) is 23.5 Å². The molecule has 0 bridgehead atoms. The smallest absolute Gasteiger partial charge is 0.221 e. The van der Waals surface area contributed by atoms with E-state index in [1.807, 2.05) is 34.6 Å². The summed E-state index contributed by atoms with van der Waals surface area (Å²) in [6.07, 6.45) is 0. The minimum Gasteiger partial charge on any atom is -0.478 e. The molecule has 4 heteroatoms. The van der Waals surface area contributed by atoms with Crippen LogP contribution in [0.2, 0.25) is 5.15 Å². The fraction of sp³-hybridized carbons (Fsp3) is 0.636. The molecule has 0 radical (unpaired) electrons. The molecule has 1 aromatic rings. The number of hydrogen-bond donors (Lipinski definition) is 0. The minimum atomic E-state index is -0.122. The van der Waals surface area contributed by atoms with Gasteiger partial charge in [-0.25, -0.2) is 4.98 Å². The molecule has 0 N–H and O–H groups in total. The van der Waals surface area contributed by atoms with Gasteiger partial charge in [0.15, 0.2) is 0 Å². The highest BCUT2D eigenvalue weighted by Crippen LogP contribution is 2.27. The molecule has 15 heavy (non-hydrogen) atoms. The predicted octanol–water partition coefficient (Wildman–Crippen LogP) is 3.13. The second-order valence-electron chi connectivity index (χ2n) is 4.45. The summed E-state index contributed by atoms with van der Waals surface area (Å²) in [7, 11) is 0. The van der Waals surface area contributed by atoms with Crippen LogP contribution in [0, 0.1) is 6.92 Å². The van der Waals surface area contributed by atoms with Crippen molar-refractivity contribution in [2.24, 2.45) is 0 Å². The molecule has 0 aliphatic carbocycles. The Kier molecular flexibility index (Phi) is 3.55. The minimum absolute atomic E-state index is 0.122. The molecule has 3 nitrogen and oxygen atoms in total. The van der Waals surface area contributed by atoms with Crippen LogP contribution in [0.25, 0.3) is 0 Å². The lowest BCUT2D eigenvalue weighted by Gasteiger charge is -2.18. The molecule has 0 aromatic carbocycles. The van der Waals surface area contributed by atoms with Crippen LogP contribution in [0.3, 0.4) is 0 Å². The fourth-order valence-corrected chi connectivity index (χ4v) is 1.24. The van der Waals surface area contributed by atoms with E-state index in [1.165, 1.54) is 0 Å². The van der Waals surface area contributed by atoms with Crippen LogP contribution in [-0.2, 0) is 5.41 Å². The molecule has 0 atom stereocenters. The number of ether oxygens (including phenoxy) is 1. The van der Waals surface area contributed by atoms with Gasteiger partial charge in [0, 0.05) is 11.0 Å². The monoisotopic (exact) mass is 228 g/mol. The van der Waals surface area contributed by atoms with Gasteiger partial charge >= 0.3 is 0 Å². The van der Waals surface area contributed by atoms with Gasteiger partial charge in [-0.05, 0) is 13.8 Å². The summed E-state index contributed by atoms with van der Waals surface area (Å²) < 4.78 is 5.42. The lowest BCUT2D eigenvalue weighted by molar-refractivity contribution is 0.319. The maximum Gasteiger partial charge on any atom is 0.221 e. The molecule has 0 aliphatic rings. The molecule has 1 heterocycles. The van der Waals surface area contributed by atoms with Gasteiger partial charge < -0.3 is 4.74 Å². The van der Waals surface area contributed by atoms with E-state index in [-0.39, 0.29) is 5.41 Å². The Morgan fingerprint density at radius 1 is 1.27 bits per heavy atom. The Morgan fingerprint density at radius 3 is 2.33 bits per heavy atom. The Hall–Kier alpha value is -0.830. The van der Waals surface area contributed by atoms with E-state index in [0.717, 1.165) is 5.56 Å². The van der Waals surface area contributed by atoms with Crippen molar-refractivity contribution in [3.05, 3.63) is 16.5 Å². The van der Waals surface area contributed by atoms with Crippen molar-refractivity contribution >= 4 is 11.6 Å². The number of nitrogens with zero attached hydrogens (tertiary/aromatic N) is 2. The fourth-order valence-electron chi connectivity index (χ4n) is 1.08. The second kappa shape index (κ2) is 4.35. The van der Waals surface area contributed by atoms with Crippen molar-refractivity contribution in [2.45, 2.75) is 40.0 Å². The summed E-state index contributed by atoms with van der Waals surface area (Å²) in [5.41, 5.74) is 0.676. The van der Waals surface area contributed by atoms with Gasteiger partial charge in [0.05, 0.1) is 6.61 Å². The first-order chi connectivity index (χ1) is 6.86. The van der Waals surface area contributed by atoms with Gasteiger partial charge in [-0.2, -0.15) is 4.98 Å². The lowest BCUT2D eigenvalue weighted by atomic mass is 9.96. The van der Waals surface area contributed by atoms with E-state index in [1.54, 1.807) is 0 Å². The van der Waals surface area contributed by atoms with Gasteiger partial charge in [0.2, 0.25) is 5.88 Å². The highest BCUT2D eigenvalue weighted by molar-refractivity contribution is 6.30. The van der Waals surface area contributed by atoms with Crippen molar-refractivity contribution in [1.82, 2.24) is 9.97 Å². The maximum atomic E-state index is 6.03. The molecule has 1 rings (SSSR count). The molecule has 84 valence electrons. The number of aromatic nitrogens is 2. The Labute approximate surface area is 95.8 Å². The Bertz CT molecular complexity index is 358. The molecule has 0 unspecified atom stereocenters. The van der Waals surface area contributed by atoms with Crippen LogP contribution in [-0.4, -0.2) is 16.6 Å². The molecule has 0 aliphatic heterocycles. The van der Waals surface area contributed by atoms with E-state index in [9.17, 15) is 0 Å². The van der Waals surface area contributed by atoms with Gasteiger partial charge in [0.1, 0.15) is 11.0 Å². The number of rotatable bonds is 2. The molecular formula is C11H17ClN2O. The van der Waals surface area contributed by atoms with Crippen LogP contribution in [0.4, 0.5) is 0 Å². The van der Waals surface area contributed by atoms with Crippen molar-refractivity contribution in [3.63, 3.8) is 0 Å². The highest BCUT2D eigenvalue weighted by atomic mass is 35.5. The third-order valence-corrected chi connectivity index (χ3v) is 2.36. The summed E-state index contributed by atoms with van der Waals surface area (Å²) in [4.78, 5) is 8.64. The summed E-state index contributed by atoms with van der Waals surface area (Å²) in [5, 5.41) is 0.471. The normalized spacial score (nSPS) is 11.6. The van der Waals surface area contributed by atoms with Crippen LogP contribution in [0.1, 0.15) is 39.1 Å². The SMILES string of the molecule is CCOc1nc(C(C)(C)C)nc(Cl)c1C. The van der Waals surface area contributed by atoms with Crippen molar-refractivity contribution in [1.29, 1.82) is 0 Å². The first kappa shape index (κ1) is 12.2. The summed E-state index contributed by atoms with van der Waals surface area (Å²) >= 11 is 6.03. The van der Waals surface area contributed by atoms with E-state index >= 15 is 0 Å². The molecular weight excluding hydrogens is 212 g/mol. The second-order valence-corrected chi connectivity index (χ2v) is 4.81. The zero-order valence-corrected chi connectivity index (χ0v) is 10.6.